The monoisotopic (exact) mass is 272 g/mol. The number of carboxylic acid groups (broad SMARTS) is 1. The minimum absolute atomic E-state index is 0.00928. The summed E-state index contributed by atoms with van der Waals surface area (Å²) in [6.07, 6.45) is 2.42. The number of hydrogen-bond acceptors (Lipinski definition) is 3. The molecule has 0 radical (unpaired) electrons. The Hall–Kier alpha value is -1.49. The Morgan fingerprint density at radius 2 is 2.20 bits per heavy atom. The van der Waals surface area contributed by atoms with Crippen LogP contribution in [0.25, 0.3) is 6.08 Å². The van der Waals surface area contributed by atoms with E-state index in [-0.39, 0.29) is 11.5 Å². The van der Waals surface area contributed by atoms with Crippen molar-refractivity contribution < 1.29 is 19.7 Å². The highest BCUT2D eigenvalue weighted by atomic mass is 79.9. The van der Waals surface area contributed by atoms with Gasteiger partial charge in [-0.2, -0.15) is 0 Å². The molecule has 0 amide bonds. The summed E-state index contributed by atoms with van der Waals surface area (Å²) in [6.45, 7) is 0. The average Bonchev–Trinajstić information content (AvgIpc) is 2.19. The van der Waals surface area contributed by atoms with E-state index < -0.39 is 5.97 Å². The highest BCUT2D eigenvalue weighted by Gasteiger charge is 2.06. The quantitative estimate of drug-likeness (QED) is 0.829. The van der Waals surface area contributed by atoms with Crippen LogP contribution in [0, 0.1) is 0 Å². The van der Waals surface area contributed by atoms with Crippen molar-refractivity contribution >= 4 is 28.0 Å². The van der Waals surface area contributed by atoms with Gasteiger partial charge in [0.25, 0.3) is 0 Å². The molecule has 15 heavy (non-hydrogen) atoms. The first kappa shape index (κ1) is 11.6. The van der Waals surface area contributed by atoms with Gasteiger partial charge in [-0.3, -0.25) is 0 Å². The second-order valence-corrected chi connectivity index (χ2v) is 3.58. The summed E-state index contributed by atoms with van der Waals surface area (Å²) >= 11 is 3.13. The highest BCUT2D eigenvalue weighted by molar-refractivity contribution is 9.10. The zero-order chi connectivity index (χ0) is 11.4. The first-order valence-electron chi connectivity index (χ1n) is 4.02. The number of phenolic OH excluding ortho intramolecular Hbond substituents is 1. The van der Waals surface area contributed by atoms with E-state index >= 15 is 0 Å². The van der Waals surface area contributed by atoms with E-state index in [1.54, 1.807) is 12.1 Å². The normalized spacial score (nSPS) is 10.5. The summed E-state index contributed by atoms with van der Waals surface area (Å²) < 4.78 is 5.36. The first-order chi connectivity index (χ1) is 7.04. The van der Waals surface area contributed by atoms with Crippen LogP contribution in [-0.2, 0) is 4.79 Å². The lowest BCUT2D eigenvalue weighted by Crippen LogP contribution is -1.88. The van der Waals surface area contributed by atoms with Crippen LogP contribution < -0.4 is 4.74 Å². The molecule has 0 spiro atoms. The summed E-state index contributed by atoms with van der Waals surface area (Å²) in [5.41, 5.74) is 0.624. The molecule has 0 atom stereocenters. The van der Waals surface area contributed by atoms with E-state index in [0.29, 0.717) is 10.0 Å². The number of carboxylic acids is 1. The summed E-state index contributed by atoms with van der Waals surface area (Å²) in [4.78, 5) is 10.3. The molecule has 0 aliphatic heterocycles. The number of hydrogen-bond donors (Lipinski definition) is 2. The van der Waals surface area contributed by atoms with Crippen LogP contribution in [0.3, 0.4) is 0 Å². The molecule has 0 heterocycles. The van der Waals surface area contributed by atoms with Gasteiger partial charge in [0.2, 0.25) is 0 Å². The molecule has 0 saturated heterocycles. The topological polar surface area (TPSA) is 66.8 Å². The summed E-state index contributed by atoms with van der Waals surface area (Å²) in [7, 11) is 1.42. The molecule has 1 rings (SSSR count). The van der Waals surface area contributed by atoms with Crippen molar-refractivity contribution in [3.63, 3.8) is 0 Å². The average molecular weight is 273 g/mol. The molecule has 0 aliphatic carbocycles. The number of phenols is 1. The van der Waals surface area contributed by atoms with Crippen molar-refractivity contribution in [1.29, 1.82) is 0 Å². The molecule has 80 valence electrons. The van der Waals surface area contributed by atoms with Gasteiger partial charge in [0.05, 0.1) is 11.6 Å². The summed E-state index contributed by atoms with van der Waals surface area (Å²) in [5, 5.41) is 17.9. The Balaban J connectivity index is 3.11. The standard InChI is InChI=1S/C10H9BrO4/c1-15-8-5-6(2-3-9(12)13)4-7(11)10(8)14/h2-5,14H,1H3,(H,12,13)/b3-2-. The molecule has 4 nitrogen and oxygen atoms in total. The van der Waals surface area contributed by atoms with Gasteiger partial charge in [0, 0.05) is 6.08 Å². The third-order valence-corrected chi connectivity index (χ3v) is 2.29. The Morgan fingerprint density at radius 3 is 2.73 bits per heavy atom. The van der Waals surface area contributed by atoms with E-state index in [1.807, 2.05) is 0 Å². The van der Waals surface area contributed by atoms with Gasteiger partial charge in [-0.15, -0.1) is 0 Å². The molecule has 0 aromatic heterocycles. The predicted octanol–water partition coefficient (Wildman–Crippen LogP) is 2.26. The Bertz CT molecular complexity index is 412. The van der Waals surface area contributed by atoms with Crippen LogP contribution in [0.5, 0.6) is 11.5 Å². The molecule has 1 aromatic carbocycles. The molecule has 0 bridgehead atoms. The molecule has 0 saturated carbocycles. The number of benzene rings is 1. The van der Waals surface area contributed by atoms with Crippen LogP contribution >= 0.6 is 15.9 Å². The number of methoxy groups -OCH3 is 1. The van der Waals surface area contributed by atoms with Crippen molar-refractivity contribution in [1.82, 2.24) is 0 Å². The number of ether oxygens (including phenoxy) is 1. The fourth-order valence-electron chi connectivity index (χ4n) is 1.01. The maximum atomic E-state index is 10.3. The predicted molar refractivity (Wildman–Crippen MR) is 59.0 cm³/mol. The van der Waals surface area contributed by atoms with Crippen LogP contribution in [-0.4, -0.2) is 23.3 Å². The van der Waals surface area contributed by atoms with Crippen LogP contribution in [0.2, 0.25) is 0 Å². The molecule has 5 heteroatoms. The Morgan fingerprint density at radius 1 is 1.53 bits per heavy atom. The Kier molecular flexibility index (Phi) is 3.74. The molecule has 0 fully saturated rings. The lowest BCUT2D eigenvalue weighted by atomic mass is 10.2. The minimum atomic E-state index is -1.03. The van der Waals surface area contributed by atoms with Crippen molar-refractivity contribution in [2.45, 2.75) is 0 Å². The van der Waals surface area contributed by atoms with Gasteiger partial charge in [0.15, 0.2) is 11.5 Å². The number of aliphatic carboxylic acids is 1. The number of rotatable bonds is 3. The smallest absolute Gasteiger partial charge is 0.328 e. The van der Waals surface area contributed by atoms with E-state index in [4.69, 9.17) is 9.84 Å². The molecule has 0 aliphatic rings. The fraction of sp³-hybridized carbons (Fsp3) is 0.100. The second-order valence-electron chi connectivity index (χ2n) is 2.73. The van der Waals surface area contributed by atoms with Crippen LogP contribution in [0.1, 0.15) is 5.56 Å². The number of halogens is 1. The van der Waals surface area contributed by atoms with E-state index in [9.17, 15) is 9.90 Å². The maximum Gasteiger partial charge on any atom is 0.328 e. The SMILES string of the molecule is COc1cc(/C=C\C(=O)O)cc(Br)c1O. The molecule has 0 unspecified atom stereocenters. The van der Waals surface area contributed by atoms with E-state index in [1.165, 1.54) is 13.2 Å². The summed E-state index contributed by atoms with van der Waals surface area (Å²) in [5.74, 6) is -0.752. The van der Waals surface area contributed by atoms with Crippen molar-refractivity contribution in [3.8, 4) is 11.5 Å². The van der Waals surface area contributed by atoms with E-state index in [2.05, 4.69) is 15.9 Å². The minimum Gasteiger partial charge on any atom is -0.503 e. The van der Waals surface area contributed by atoms with Gasteiger partial charge in [-0.1, -0.05) is 0 Å². The second kappa shape index (κ2) is 4.84. The lowest BCUT2D eigenvalue weighted by molar-refractivity contribution is -0.131. The third kappa shape index (κ3) is 2.99. The molecule has 1 aromatic rings. The largest absolute Gasteiger partial charge is 0.503 e. The number of carbonyl (C=O) groups is 1. The van der Waals surface area contributed by atoms with Crippen LogP contribution in [0.4, 0.5) is 0 Å². The van der Waals surface area contributed by atoms with Gasteiger partial charge in [-0.25, -0.2) is 4.79 Å². The summed E-state index contributed by atoms with van der Waals surface area (Å²) in [6, 6.07) is 3.14. The maximum absolute atomic E-state index is 10.3. The van der Waals surface area contributed by atoms with Crippen molar-refractivity contribution in [2.75, 3.05) is 7.11 Å². The third-order valence-electron chi connectivity index (χ3n) is 1.69. The lowest BCUT2D eigenvalue weighted by Gasteiger charge is -2.06. The van der Waals surface area contributed by atoms with Crippen LogP contribution in [0.15, 0.2) is 22.7 Å². The molecular formula is C10H9BrO4. The zero-order valence-electron chi connectivity index (χ0n) is 7.90. The first-order valence-corrected chi connectivity index (χ1v) is 4.81. The van der Waals surface area contributed by atoms with Crippen molar-refractivity contribution in [2.24, 2.45) is 0 Å². The molecule has 2 N–H and O–H groups in total. The van der Waals surface area contributed by atoms with E-state index in [0.717, 1.165) is 6.08 Å². The van der Waals surface area contributed by atoms with Gasteiger partial charge in [0.1, 0.15) is 0 Å². The van der Waals surface area contributed by atoms with Gasteiger partial charge >= 0.3 is 5.97 Å². The van der Waals surface area contributed by atoms with Gasteiger partial charge in [-0.05, 0) is 39.7 Å². The van der Waals surface area contributed by atoms with Crippen molar-refractivity contribution in [3.05, 3.63) is 28.2 Å². The zero-order valence-corrected chi connectivity index (χ0v) is 9.48. The highest BCUT2D eigenvalue weighted by Crippen LogP contribution is 2.35. The number of aromatic hydroxyl groups is 1. The Labute approximate surface area is 94.9 Å². The molecular weight excluding hydrogens is 264 g/mol. The van der Waals surface area contributed by atoms with Gasteiger partial charge < -0.3 is 14.9 Å². The fourth-order valence-corrected chi connectivity index (χ4v) is 1.47.